The van der Waals surface area contributed by atoms with Crippen molar-refractivity contribution in [2.75, 3.05) is 26.0 Å². The number of nitrogens with two attached hydrogens (primary N) is 1. The maximum Gasteiger partial charge on any atom is 0.251 e. The highest BCUT2D eigenvalue weighted by Crippen LogP contribution is 2.19. The first kappa shape index (κ1) is 16.3. The lowest BCUT2D eigenvalue weighted by atomic mass is 10.2. The lowest BCUT2D eigenvalue weighted by molar-refractivity contribution is -0.122. The number of carbonyl (C=O) groups excluding carboxylic acids is 2. The minimum Gasteiger partial charge on any atom is -0.398 e. The molecule has 1 unspecified atom stereocenters. The number of carbonyl (C=O) groups is 2. The van der Waals surface area contributed by atoms with E-state index in [1.54, 1.807) is 26.2 Å². The van der Waals surface area contributed by atoms with E-state index in [1.807, 2.05) is 0 Å². The number of methoxy groups -OCH3 is 1. The van der Waals surface area contributed by atoms with E-state index in [4.69, 9.17) is 22.1 Å². The van der Waals surface area contributed by atoms with Crippen LogP contribution in [0.15, 0.2) is 18.2 Å². The van der Waals surface area contributed by atoms with Crippen molar-refractivity contribution in [2.45, 2.75) is 13.0 Å². The zero-order chi connectivity index (χ0) is 15.1. The van der Waals surface area contributed by atoms with E-state index >= 15 is 0 Å². The highest BCUT2D eigenvalue weighted by atomic mass is 35.5. The highest BCUT2D eigenvalue weighted by Gasteiger charge is 2.16. The Bertz CT molecular complexity index is 494. The molecule has 0 aromatic heterocycles. The molecule has 7 heteroatoms. The van der Waals surface area contributed by atoms with Crippen molar-refractivity contribution in [2.24, 2.45) is 0 Å². The number of halogens is 1. The van der Waals surface area contributed by atoms with Gasteiger partial charge in [-0.2, -0.15) is 0 Å². The van der Waals surface area contributed by atoms with E-state index in [0.29, 0.717) is 29.4 Å². The van der Waals surface area contributed by atoms with Crippen molar-refractivity contribution in [1.82, 2.24) is 10.6 Å². The third-order valence-corrected chi connectivity index (χ3v) is 2.94. The summed E-state index contributed by atoms with van der Waals surface area (Å²) in [4.78, 5) is 23.6. The van der Waals surface area contributed by atoms with Gasteiger partial charge in [0.25, 0.3) is 5.91 Å². The smallest absolute Gasteiger partial charge is 0.251 e. The fourth-order valence-electron chi connectivity index (χ4n) is 1.44. The molecule has 0 heterocycles. The van der Waals surface area contributed by atoms with Crippen LogP contribution in [0.1, 0.15) is 17.3 Å². The summed E-state index contributed by atoms with van der Waals surface area (Å²) in [5, 5.41) is 5.52. The largest absolute Gasteiger partial charge is 0.398 e. The van der Waals surface area contributed by atoms with Gasteiger partial charge in [-0.1, -0.05) is 11.6 Å². The Balaban J connectivity index is 2.56. The maximum absolute atomic E-state index is 11.9. The molecule has 0 aliphatic rings. The quantitative estimate of drug-likeness (QED) is 0.535. The molecule has 6 nitrogen and oxygen atoms in total. The number of nitrogen functional groups attached to an aromatic ring is 1. The van der Waals surface area contributed by atoms with Crippen molar-refractivity contribution in [3.05, 3.63) is 28.8 Å². The summed E-state index contributed by atoms with van der Waals surface area (Å²) in [6.07, 6.45) is 0. The van der Waals surface area contributed by atoms with Gasteiger partial charge in [0.1, 0.15) is 6.04 Å². The van der Waals surface area contributed by atoms with Crippen LogP contribution in [0.25, 0.3) is 0 Å². The molecule has 1 rings (SSSR count). The van der Waals surface area contributed by atoms with Crippen molar-refractivity contribution in [1.29, 1.82) is 0 Å². The Morgan fingerprint density at radius 3 is 2.75 bits per heavy atom. The van der Waals surface area contributed by atoms with Crippen molar-refractivity contribution >= 4 is 29.1 Å². The molecule has 0 fully saturated rings. The molecule has 0 aliphatic heterocycles. The van der Waals surface area contributed by atoms with Gasteiger partial charge in [0, 0.05) is 19.2 Å². The minimum atomic E-state index is -0.657. The summed E-state index contributed by atoms with van der Waals surface area (Å²) < 4.78 is 4.82. The number of nitrogens with one attached hydrogen (secondary N) is 2. The second-order valence-corrected chi connectivity index (χ2v) is 4.62. The summed E-state index contributed by atoms with van der Waals surface area (Å²) in [6.45, 7) is 2.40. The van der Waals surface area contributed by atoms with E-state index in [9.17, 15) is 9.59 Å². The lowest BCUT2D eigenvalue weighted by Crippen LogP contribution is -2.45. The van der Waals surface area contributed by atoms with Gasteiger partial charge in [0.15, 0.2) is 0 Å². The Morgan fingerprint density at radius 1 is 1.45 bits per heavy atom. The number of amides is 2. The number of hydrogen-bond donors (Lipinski definition) is 3. The van der Waals surface area contributed by atoms with Gasteiger partial charge in [-0.25, -0.2) is 0 Å². The van der Waals surface area contributed by atoms with Crippen LogP contribution in [0.3, 0.4) is 0 Å². The molecule has 2 amide bonds. The van der Waals surface area contributed by atoms with Crippen LogP contribution in [0.2, 0.25) is 5.02 Å². The van der Waals surface area contributed by atoms with Gasteiger partial charge < -0.3 is 21.1 Å². The molecule has 1 atom stereocenters. The first-order valence-electron chi connectivity index (χ1n) is 6.08. The molecule has 0 saturated heterocycles. The molecule has 4 N–H and O–H groups in total. The number of hydrogen-bond acceptors (Lipinski definition) is 4. The van der Waals surface area contributed by atoms with Gasteiger partial charge in [-0.3, -0.25) is 9.59 Å². The normalized spacial score (nSPS) is 11.8. The first-order valence-corrected chi connectivity index (χ1v) is 6.46. The standard InChI is InChI=1S/C13H18ClN3O3/c1-8(12(18)16-5-6-20-2)17-13(19)9-3-4-11(15)10(14)7-9/h3-4,7-8H,5-6,15H2,1-2H3,(H,16,18)(H,17,19). The Hall–Kier alpha value is -1.79. The average molecular weight is 300 g/mol. The van der Waals surface area contributed by atoms with Crippen LogP contribution in [-0.4, -0.2) is 38.1 Å². The fourth-order valence-corrected chi connectivity index (χ4v) is 1.62. The van der Waals surface area contributed by atoms with Crippen LogP contribution in [0, 0.1) is 0 Å². The maximum atomic E-state index is 11.9. The van der Waals surface area contributed by atoms with Gasteiger partial charge in [-0.05, 0) is 25.1 Å². The Morgan fingerprint density at radius 2 is 2.15 bits per heavy atom. The van der Waals surface area contributed by atoms with E-state index in [2.05, 4.69) is 10.6 Å². The van der Waals surface area contributed by atoms with Gasteiger partial charge >= 0.3 is 0 Å². The molecular weight excluding hydrogens is 282 g/mol. The van der Waals surface area contributed by atoms with E-state index in [1.165, 1.54) is 6.07 Å². The van der Waals surface area contributed by atoms with Crippen molar-refractivity contribution in [3.63, 3.8) is 0 Å². The summed E-state index contributed by atoms with van der Waals surface area (Å²) in [7, 11) is 1.54. The number of anilines is 1. The first-order chi connectivity index (χ1) is 9.45. The fraction of sp³-hybridized carbons (Fsp3) is 0.385. The minimum absolute atomic E-state index is 0.281. The molecule has 1 aromatic carbocycles. The second-order valence-electron chi connectivity index (χ2n) is 4.22. The van der Waals surface area contributed by atoms with Crippen LogP contribution in [0.5, 0.6) is 0 Å². The molecule has 0 radical (unpaired) electrons. The molecule has 110 valence electrons. The van der Waals surface area contributed by atoms with E-state index < -0.39 is 6.04 Å². The summed E-state index contributed by atoms with van der Waals surface area (Å²) >= 11 is 5.84. The predicted molar refractivity (Wildman–Crippen MR) is 77.7 cm³/mol. The zero-order valence-electron chi connectivity index (χ0n) is 11.4. The molecule has 0 aliphatic carbocycles. The van der Waals surface area contributed by atoms with Gasteiger partial charge in [0.05, 0.1) is 17.3 Å². The van der Waals surface area contributed by atoms with Gasteiger partial charge in [-0.15, -0.1) is 0 Å². The summed E-state index contributed by atoms with van der Waals surface area (Å²) in [6, 6.07) is 3.89. The van der Waals surface area contributed by atoms with E-state index in [0.717, 1.165) is 0 Å². The summed E-state index contributed by atoms with van der Waals surface area (Å²) in [5.41, 5.74) is 6.31. The van der Waals surface area contributed by atoms with Crippen LogP contribution in [0.4, 0.5) is 5.69 Å². The third-order valence-electron chi connectivity index (χ3n) is 2.61. The zero-order valence-corrected chi connectivity index (χ0v) is 12.2. The van der Waals surface area contributed by atoms with Crippen LogP contribution >= 0.6 is 11.6 Å². The molecule has 0 saturated carbocycles. The molecule has 0 spiro atoms. The van der Waals surface area contributed by atoms with Gasteiger partial charge in [0.2, 0.25) is 5.91 Å². The average Bonchev–Trinajstić information content (AvgIpc) is 2.41. The lowest BCUT2D eigenvalue weighted by Gasteiger charge is -2.14. The molecule has 1 aromatic rings. The molecule has 0 bridgehead atoms. The monoisotopic (exact) mass is 299 g/mol. The topological polar surface area (TPSA) is 93.5 Å². The molecular formula is C13H18ClN3O3. The Kier molecular flexibility index (Phi) is 6.27. The number of rotatable bonds is 6. The third kappa shape index (κ3) is 4.71. The highest BCUT2D eigenvalue weighted by molar-refractivity contribution is 6.33. The summed E-state index contributed by atoms with van der Waals surface area (Å²) in [5.74, 6) is -0.668. The van der Waals surface area contributed by atoms with Crippen molar-refractivity contribution < 1.29 is 14.3 Å². The Labute approximate surface area is 122 Å². The number of benzene rings is 1. The van der Waals surface area contributed by atoms with Crippen LogP contribution < -0.4 is 16.4 Å². The number of ether oxygens (including phenoxy) is 1. The second kappa shape index (κ2) is 7.72. The predicted octanol–water partition coefficient (Wildman–Crippen LogP) is 0.803. The van der Waals surface area contributed by atoms with Crippen molar-refractivity contribution in [3.8, 4) is 0 Å². The van der Waals surface area contributed by atoms with Crippen LogP contribution in [-0.2, 0) is 9.53 Å². The van der Waals surface area contributed by atoms with E-state index in [-0.39, 0.29) is 11.8 Å². The SMILES string of the molecule is COCCNC(=O)C(C)NC(=O)c1ccc(N)c(Cl)c1. The molecule has 20 heavy (non-hydrogen) atoms.